The van der Waals surface area contributed by atoms with E-state index in [1.807, 2.05) is 72.5 Å². The van der Waals surface area contributed by atoms with E-state index in [-0.39, 0.29) is 24.0 Å². The van der Waals surface area contributed by atoms with Gasteiger partial charge in [0, 0.05) is 12.3 Å². The smallest absolute Gasteiger partial charge is 0.226 e. The van der Waals surface area contributed by atoms with Crippen LogP contribution in [0.3, 0.4) is 0 Å². The van der Waals surface area contributed by atoms with Crippen LogP contribution in [0.1, 0.15) is 27.2 Å². The van der Waals surface area contributed by atoms with Gasteiger partial charge in [-0.2, -0.15) is 0 Å². The van der Waals surface area contributed by atoms with E-state index in [4.69, 9.17) is 9.47 Å². The summed E-state index contributed by atoms with van der Waals surface area (Å²) >= 11 is 0. The minimum Gasteiger partial charge on any atom is -0.491 e. The zero-order valence-corrected chi connectivity index (χ0v) is 16.4. The van der Waals surface area contributed by atoms with Crippen molar-refractivity contribution in [3.63, 3.8) is 0 Å². The van der Waals surface area contributed by atoms with Gasteiger partial charge in [0.15, 0.2) is 0 Å². The van der Waals surface area contributed by atoms with Crippen LogP contribution in [-0.4, -0.2) is 36.1 Å². The molecule has 3 rings (SSSR count). The van der Waals surface area contributed by atoms with Crippen LogP contribution in [0, 0.1) is 11.8 Å². The Balaban J connectivity index is 1.69. The van der Waals surface area contributed by atoms with Gasteiger partial charge in [0.2, 0.25) is 5.91 Å². The van der Waals surface area contributed by atoms with E-state index >= 15 is 0 Å². The number of carbonyl (C=O) groups excluding carboxylic acids is 1. The molecule has 2 aromatic carbocycles. The van der Waals surface area contributed by atoms with Gasteiger partial charge in [0.25, 0.3) is 0 Å². The van der Waals surface area contributed by atoms with Crippen LogP contribution in [0.4, 0.5) is 0 Å². The number of hydrogen-bond donors (Lipinski definition) is 0. The molecule has 1 fully saturated rings. The summed E-state index contributed by atoms with van der Waals surface area (Å²) in [6, 6.07) is 19.6. The molecule has 0 N–H and O–H groups in total. The Hall–Kier alpha value is -2.49. The number of nitrogens with zero attached hydrogens (tertiary/aromatic N) is 1. The van der Waals surface area contributed by atoms with E-state index in [9.17, 15) is 4.79 Å². The number of likely N-dealkylation sites (tertiary alicyclic amines) is 1. The highest BCUT2D eigenvalue weighted by atomic mass is 16.5. The summed E-state index contributed by atoms with van der Waals surface area (Å²) < 4.78 is 12.1. The Morgan fingerprint density at radius 3 is 2.19 bits per heavy atom. The average molecular weight is 367 g/mol. The van der Waals surface area contributed by atoms with E-state index in [2.05, 4.69) is 13.8 Å². The molecule has 2 aromatic rings. The van der Waals surface area contributed by atoms with E-state index in [0.29, 0.717) is 19.1 Å². The Kier molecular flexibility index (Phi) is 6.38. The largest absolute Gasteiger partial charge is 0.491 e. The van der Waals surface area contributed by atoms with Crippen LogP contribution in [0.25, 0.3) is 0 Å². The van der Waals surface area contributed by atoms with Gasteiger partial charge in [-0.05, 0) is 30.2 Å². The van der Waals surface area contributed by atoms with E-state index in [0.717, 1.165) is 17.9 Å². The second-order valence-corrected chi connectivity index (χ2v) is 7.59. The van der Waals surface area contributed by atoms with Gasteiger partial charge in [0.05, 0.1) is 12.6 Å². The first-order chi connectivity index (χ1) is 13.0. The first-order valence-corrected chi connectivity index (χ1v) is 9.74. The lowest BCUT2D eigenvalue weighted by atomic mass is 9.96. The molecule has 1 amide bonds. The summed E-state index contributed by atoms with van der Waals surface area (Å²) in [5, 5.41) is 0. The van der Waals surface area contributed by atoms with Crippen molar-refractivity contribution < 1.29 is 14.3 Å². The molecule has 1 aliphatic heterocycles. The normalized spacial score (nSPS) is 20.5. The predicted molar refractivity (Wildman–Crippen MR) is 107 cm³/mol. The minimum absolute atomic E-state index is 0.0138. The Labute approximate surface area is 162 Å². The second kappa shape index (κ2) is 8.94. The number of hydrogen-bond acceptors (Lipinski definition) is 3. The molecule has 3 atom stereocenters. The van der Waals surface area contributed by atoms with Crippen molar-refractivity contribution in [3.05, 3.63) is 60.7 Å². The van der Waals surface area contributed by atoms with Crippen molar-refractivity contribution in [3.8, 4) is 11.5 Å². The highest BCUT2D eigenvalue weighted by Gasteiger charge is 2.39. The standard InChI is InChI=1S/C23H29NO3/c1-17(2)18(3)23(25)24-15-22(27-21-12-8-5-9-13-21)14-19(24)16-26-20-10-6-4-7-11-20/h4-13,17-19,22H,14-16H2,1-3H3/t18-,19-,22-/m0/s1. The average Bonchev–Trinajstić information content (AvgIpc) is 3.09. The van der Waals surface area contributed by atoms with Gasteiger partial charge >= 0.3 is 0 Å². The van der Waals surface area contributed by atoms with Crippen molar-refractivity contribution >= 4 is 5.91 Å². The fourth-order valence-electron chi connectivity index (χ4n) is 3.33. The fourth-order valence-corrected chi connectivity index (χ4v) is 3.33. The molecule has 0 aromatic heterocycles. The number of carbonyl (C=O) groups is 1. The molecule has 4 heteroatoms. The molecule has 0 bridgehead atoms. The molecular formula is C23H29NO3. The maximum absolute atomic E-state index is 13.0. The lowest BCUT2D eigenvalue weighted by molar-refractivity contribution is -0.137. The molecule has 144 valence electrons. The van der Waals surface area contributed by atoms with Crippen LogP contribution >= 0.6 is 0 Å². The summed E-state index contributed by atoms with van der Waals surface area (Å²) in [6.07, 6.45) is 0.762. The highest BCUT2D eigenvalue weighted by Crippen LogP contribution is 2.27. The minimum atomic E-state index is -0.0142. The van der Waals surface area contributed by atoms with Crippen molar-refractivity contribution in [1.29, 1.82) is 0 Å². The van der Waals surface area contributed by atoms with E-state index in [1.54, 1.807) is 0 Å². The third-order valence-corrected chi connectivity index (χ3v) is 5.28. The molecule has 27 heavy (non-hydrogen) atoms. The van der Waals surface area contributed by atoms with Crippen LogP contribution in [0.5, 0.6) is 11.5 Å². The zero-order chi connectivity index (χ0) is 19.2. The highest BCUT2D eigenvalue weighted by molar-refractivity contribution is 5.79. The lowest BCUT2D eigenvalue weighted by Crippen LogP contribution is -2.43. The van der Waals surface area contributed by atoms with Crippen molar-refractivity contribution in [2.45, 2.75) is 39.3 Å². The Morgan fingerprint density at radius 1 is 1.00 bits per heavy atom. The monoisotopic (exact) mass is 367 g/mol. The summed E-state index contributed by atoms with van der Waals surface area (Å²) in [6.45, 7) is 7.27. The predicted octanol–water partition coefficient (Wildman–Crippen LogP) is 4.41. The van der Waals surface area contributed by atoms with Gasteiger partial charge in [-0.15, -0.1) is 0 Å². The van der Waals surface area contributed by atoms with E-state index in [1.165, 1.54) is 0 Å². The molecule has 4 nitrogen and oxygen atoms in total. The molecule has 1 saturated heterocycles. The van der Waals surface area contributed by atoms with Crippen LogP contribution < -0.4 is 9.47 Å². The fraction of sp³-hybridized carbons (Fsp3) is 0.435. The van der Waals surface area contributed by atoms with Crippen molar-refractivity contribution in [2.24, 2.45) is 11.8 Å². The Morgan fingerprint density at radius 2 is 1.59 bits per heavy atom. The SMILES string of the molecule is CC(C)[C@H](C)C(=O)N1C[C@@H](Oc2ccccc2)C[C@H]1COc1ccccc1. The Bertz CT molecular complexity index is 717. The van der Waals surface area contributed by atoms with Crippen molar-refractivity contribution in [1.82, 2.24) is 4.90 Å². The number of para-hydroxylation sites is 2. The molecule has 1 heterocycles. The molecule has 0 spiro atoms. The van der Waals surface area contributed by atoms with E-state index < -0.39 is 0 Å². The molecule has 0 saturated carbocycles. The maximum atomic E-state index is 13.0. The molecular weight excluding hydrogens is 338 g/mol. The van der Waals surface area contributed by atoms with Gasteiger partial charge < -0.3 is 14.4 Å². The van der Waals surface area contributed by atoms with Gasteiger partial charge in [-0.3, -0.25) is 4.79 Å². The number of rotatable bonds is 7. The first-order valence-electron chi connectivity index (χ1n) is 9.74. The molecule has 1 aliphatic rings. The summed E-state index contributed by atoms with van der Waals surface area (Å²) in [7, 11) is 0. The topological polar surface area (TPSA) is 38.8 Å². The van der Waals surface area contributed by atoms with Crippen LogP contribution in [0.15, 0.2) is 60.7 Å². The zero-order valence-electron chi connectivity index (χ0n) is 16.4. The van der Waals surface area contributed by atoms with Crippen molar-refractivity contribution in [2.75, 3.05) is 13.2 Å². The lowest BCUT2D eigenvalue weighted by Gasteiger charge is -2.28. The summed E-state index contributed by atoms with van der Waals surface area (Å²) in [5.74, 6) is 2.15. The maximum Gasteiger partial charge on any atom is 0.226 e. The summed E-state index contributed by atoms with van der Waals surface area (Å²) in [5.41, 5.74) is 0. The molecule has 0 unspecified atom stereocenters. The van der Waals surface area contributed by atoms with Crippen LogP contribution in [-0.2, 0) is 4.79 Å². The summed E-state index contributed by atoms with van der Waals surface area (Å²) in [4.78, 5) is 15.0. The molecule has 0 radical (unpaired) electrons. The quantitative estimate of drug-likeness (QED) is 0.728. The number of benzene rings is 2. The van der Waals surface area contributed by atoms with Gasteiger partial charge in [-0.25, -0.2) is 0 Å². The van der Waals surface area contributed by atoms with Gasteiger partial charge in [0.1, 0.15) is 24.2 Å². The van der Waals surface area contributed by atoms with Gasteiger partial charge in [-0.1, -0.05) is 57.2 Å². The number of ether oxygens (including phenoxy) is 2. The second-order valence-electron chi connectivity index (χ2n) is 7.59. The third kappa shape index (κ3) is 5.03. The number of amides is 1. The molecule has 0 aliphatic carbocycles. The third-order valence-electron chi connectivity index (χ3n) is 5.28. The van der Waals surface area contributed by atoms with Crippen LogP contribution in [0.2, 0.25) is 0 Å². The first kappa shape index (κ1) is 19.3.